The molecule has 0 fully saturated rings. The van der Waals surface area contributed by atoms with Crippen LogP contribution in [0.3, 0.4) is 0 Å². The predicted octanol–water partition coefficient (Wildman–Crippen LogP) is 3.29. The van der Waals surface area contributed by atoms with E-state index in [9.17, 15) is 19.7 Å². The van der Waals surface area contributed by atoms with E-state index >= 15 is 0 Å². The number of nitrogens with zero attached hydrogens (tertiary/aromatic N) is 1. The highest BCUT2D eigenvalue weighted by molar-refractivity contribution is 6.00. The maximum absolute atomic E-state index is 12.3. The third-order valence-electron chi connectivity index (χ3n) is 4.07. The van der Waals surface area contributed by atoms with Gasteiger partial charge in [-0.15, -0.1) is 0 Å². The summed E-state index contributed by atoms with van der Waals surface area (Å²) in [6.45, 7) is 7.49. The minimum absolute atomic E-state index is 0.0747. The number of nitro benzene ring substituents is 1. The van der Waals surface area contributed by atoms with Crippen molar-refractivity contribution in [2.75, 3.05) is 18.5 Å². The lowest BCUT2D eigenvalue weighted by Crippen LogP contribution is -2.33. The summed E-state index contributed by atoms with van der Waals surface area (Å²) < 4.78 is 5.19. The van der Waals surface area contributed by atoms with Crippen LogP contribution in [0.2, 0.25) is 0 Å². The van der Waals surface area contributed by atoms with E-state index in [1.165, 1.54) is 12.1 Å². The van der Waals surface area contributed by atoms with Crippen LogP contribution in [0, 0.1) is 30.9 Å². The van der Waals surface area contributed by atoms with Gasteiger partial charge in [0.1, 0.15) is 0 Å². The smallest absolute Gasteiger partial charge is 0.311 e. The monoisotopic (exact) mass is 385 g/mol. The molecular formula is C20H23N3O5. The Balaban J connectivity index is 2.05. The Morgan fingerprint density at radius 2 is 1.75 bits per heavy atom. The number of benzene rings is 2. The van der Waals surface area contributed by atoms with Gasteiger partial charge in [0.05, 0.1) is 18.1 Å². The van der Waals surface area contributed by atoms with Gasteiger partial charge in [0.25, 0.3) is 5.91 Å². The van der Waals surface area contributed by atoms with Gasteiger partial charge in [0, 0.05) is 17.3 Å². The second kappa shape index (κ2) is 8.98. The molecule has 0 aliphatic heterocycles. The van der Waals surface area contributed by atoms with Crippen LogP contribution in [0.25, 0.3) is 0 Å². The lowest BCUT2D eigenvalue weighted by atomic mass is 10.1. The molecule has 148 valence electrons. The van der Waals surface area contributed by atoms with Crippen LogP contribution in [0.4, 0.5) is 11.4 Å². The molecule has 0 aliphatic carbocycles. The van der Waals surface area contributed by atoms with E-state index in [4.69, 9.17) is 4.74 Å². The van der Waals surface area contributed by atoms with E-state index < -0.39 is 10.8 Å². The summed E-state index contributed by atoms with van der Waals surface area (Å²) >= 11 is 0. The fourth-order valence-corrected chi connectivity index (χ4v) is 2.90. The Bertz CT molecular complexity index is 901. The fraction of sp³-hybridized carbons (Fsp3) is 0.300. The standard InChI is InChI=1S/C20H23N3O5/c1-5-28-17-7-6-15(10-16(17)23(26)27)20(25)21-11-18(24)22-19-13(3)8-12(2)9-14(19)4/h6-10H,5,11H2,1-4H3,(H,21,25)(H,22,24). The van der Waals surface area contributed by atoms with Crippen LogP contribution < -0.4 is 15.4 Å². The molecule has 2 aromatic rings. The molecule has 2 N–H and O–H groups in total. The van der Waals surface area contributed by atoms with Crippen molar-refractivity contribution >= 4 is 23.2 Å². The van der Waals surface area contributed by atoms with Crippen molar-refractivity contribution in [3.05, 3.63) is 62.7 Å². The molecule has 0 radical (unpaired) electrons. The van der Waals surface area contributed by atoms with Gasteiger partial charge in [-0.3, -0.25) is 19.7 Å². The number of amides is 2. The quantitative estimate of drug-likeness (QED) is 0.561. The van der Waals surface area contributed by atoms with E-state index in [-0.39, 0.29) is 36.1 Å². The second-order valence-corrected chi connectivity index (χ2v) is 6.38. The van der Waals surface area contributed by atoms with Gasteiger partial charge < -0.3 is 15.4 Å². The summed E-state index contributed by atoms with van der Waals surface area (Å²) in [5.74, 6) is -0.880. The number of hydrogen-bond acceptors (Lipinski definition) is 5. The molecule has 0 aromatic heterocycles. The van der Waals surface area contributed by atoms with E-state index in [1.807, 2.05) is 32.9 Å². The maximum Gasteiger partial charge on any atom is 0.311 e. The molecular weight excluding hydrogens is 362 g/mol. The van der Waals surface area contributed by atoms with Crippen molar-refractivity contribution in [2.24, 2.45) is 0 Å². The zero-order valence-electron chi connectivity index (χ0n) is 16.3. The van der Waals surface area contributed by atoms with Gasteiger partial charge in [-0.25, -0.2) is 0 Å². The highest BCUT2D eigenvalue weighted by Crippen LogP contribution is 2.28. The Hall–Kier alpha value is -3.42. The SMILES string of the molecule is CCOc1ccc(C(=O)NCC(=O)Nc2c(C)cc(C)cc2C)cc1[N+](=O)[O-]. The molecule has 0 atom stereocenters. The summed E-state index contributed by atoms with van der Waals surface area (Å²) in [7, 11) is 0. The number of carbonyl (C=O) groups excluding carboxylic acids is 2. The average Bonchev–Trinajstić information content (AvgIpc) is 2.63. The minimum Gasteiger partial charge on any atom is -0.487 e. The minimum atomic E-state index is -0.614. The zero-order chi connectivity index (χ0) is 20.8. The first-order valence-corrected chi connectivity index (χ1v) is 8.80. The van der Waals surface area contributed by atoms with Crippen molar-refractivity contribution in [2.45, 2.75) is 27.7 Å². The number of ether oxygens (including phenoxy) is 1. The van der Waals surface area contributed by atoms with Gasteiger partial charge >= 0.3 is 5.69 Å². The summed E-state index contributed by atoms with van der Waals surface area (Å²) in [6, 6.07) is 7.84. The van der Waals surface area contributed by atoms with Crippen LogP contribution in [0.5, 0.6) is 5.75 Å². The number of anilines is 1. The Kier molecular flexibility index (Phi) is 6.70. The van der Waals surface area contributed by atoms with Crippen molar-refractivity contribution in [3.63, 3.8) is 0 Å². The lowest BCUT2D eigenvalue weighted by molar-refractivity contribution is -0.385. The highest BCUT2D eigenvalue weighted by Gasteiger charge is 2.19. The van der Waals surface area contributed by atoms with Crippen LogP contribution in [-0.2, 0) is 4.79 Å². The van der Waals surface area contributed by atoms with Gasteiger partial charge in [-0.2, -0.15) is 0 Å². The van der Waals surface area contributed by atoms with Gasteiger partial charge in [0.2, 0.25) is 5.91 Å². The molecule has 0 bridgehead atoms. The molecule has 0 saturated heterocycles. The summed E-state index contributed by atoms with van der Waals surface area (Å²) in [6.07, 6.45) is 0. The van der Waals surface area contributed by atoms with Crippen molar-refractivity contribution < 1.29 is 19.2 Å². The third kappa shape index (κ3) is 5.06. The number of carbonyl (C=O) groups is 2. The first kappa shape index (κ1) is 20.9. The normalized spacial score (nSPS) is 10.3. The average molecular weight is 385 g/mol. The Morgan fingerprint density at radius 1 is 1.11 bits per heavy atom. The maximum atomic E-state index is 12.3. The van der Waals surface area contributed by atoms with Gasteiger partial charge in [-0.05, 0) is 51.0 Å². The molecule has 2 aromatic carbocycles. The molecule has 0 spiro atoms. The molecule has 2 amide bonds. The first-order chi connectivity index (χ1) is 13.2. The van der Waals surface area contributed by atoms with E-state index in [2.05, 4.69) is 10.6 Å². The molecule has 0 aliphatic rings. The summed E-state index contributed by atoms with van der Waals surface area (Å²) in [5, 5.41) is 16.4. The zero-order valence-corrected chi connectivity index (χ0v) is 16.3. The van der Waals surface area contributed by atoms with Crippen LogP contribution >= 0.6 is 0 Å². The Morgan fingerprint density at radius 3 is 2.32 bits per heavy atom. The topological polar surface area (TPSA) is 111 Å². The van der Waals surface area contributed by atoms with Crippen molar-refractivity contribution in [1.82, 2.24) is 5.32 Å². The van der Waals surface area contributed by atoms with Gasteiger partial charge in [-0.1, -0.05) is 17.7 Å². The Labute approximate surface area is 163 Å². The van der Waals surface area contributed by atoms with Crippen LogP contribution in [0.15, 0.2) is 30.3 Å². The number of rotatable bonds is 7. The molecule has 2 rings (SSSR count). The van der Waals surface area contributed by atoms with E-state index in [0.29, 0.717) is 5.69 Å². The van der Waals surface area contributed by atoms with Crippen LogP contribution in [0.1, 0.15) is 34.0 Å². The summed E-state index contributed by atoms with van der Waals surface area (Å²) in [5.41, 5.74) is 3.44. The van der Waals surface area contributed by atoms with Gasteiger partial charge in [0.15, 0.2) is 5.75 Å². The number of nitro groups is 1. The summed E-state index contributed by atoms with van der Waals surface area (Å²) in [4.78, 5) is 35.0. The number of nitrogens with one attached hydrogen (secondary N) is 2. The predicted molar refractivity (Wildman–Crippen MR) is 106 cm³/mol. The largest absolute Gasteiger partial charge is 0.487 e. The number of aryl methyl sites for hydroxylation is 3. The first-order valence-electron chi connectivity index (χ1n) is 8.80. The van der Waals surface area contributed by atoms with E-state index in [1.54, 1.807) is 6.92 Å². The lowest BCUT2D eigenvalue weighted by Gasteiger charge is -2.13. The highest BCUT2D eigenvalue weighted by atomic mass is 16.6. The second-order valence-electron chi connectivity index (χ2n) is 6.38. The molecule has 0 heterocycles. The fourth-order valence-electron chi connectivity index (χ4n) is 2.90. The van der Waals surface area contributed by atoms with Crippen molar-refractivity contribution in [3.8, 4) is 5.75 Å². The number of hydrogen-bond donors (Lipinski definition) is 2. The molecule has 8 nitrogen and oxygen atoms in total. The molecule has 0 saturated carbocycles. The molecule has 0 unspecified atom stereocenters. The third-order valence-corrected chi connectivity index (χ3v) is 4.07. The van der Waals surface area contributed by atoms with Crippen LogP contribution in [-0.4, -0.2) is 29.9 Å². The molecule has 28 heavy (non-hydrogen) atoms. The van der Waals surface area contributed by atoms with E-state index in [0.717, 1.165) is 22.8 Å². The molecule has 8 heteroatoms. The van der Waals surface area contributed by atoms with Crippen molar-refractivity contribution in [1.29, 1.82) is 0 Å².